The lowest BCUT2D eigenvalue weighted by Gasteiger charge is -2.23. The van der Waals surface area contributed by atoms with Gasteiger partial charge in [-0.05, 0) is 124 Å². The number of hydrogen-bond acceptors (Lipinski definition) is 1. The zero-order valence-corrected chi connectivity index (χ0v) is 22.5. The number of rotatable bonds is 0. The highest BCUT2D eigenvalue weighted by atomic mass is 16.2. The summed E-state index contributed by atoms with van der Waals surface area (Å²) >= 11 is 0. The minimum atomic E-state index is 0.250. The third-order valence-electron chi connectivity index (χ3n) is 8.70. The smallest absolute Gasteiger partial charge is 0.0402 e. The van der Waals surface area contributed by atoms with Crippen LogP contribution in [0.1, 0.15) is 132 Å². The van der Waals surface area contributed by atoms with Crippen LogP contribution < -0.4 is 0 Å². The average molecular weight is 435 g/mol. The number of fused-ring (bicyclic) bond motifs is 10. The van der Waals surface area contributed by atoms with Crippen LogP contribution in [0.5, 0.6) is 0 Å². The van der Waals surface area contributed by atoms with Crippen LogP contribution >= 0.6 is 0 Å². The lowest BCUT2D eigenvalue weighted by molar-refractivity contribution is 0.259. The first-order valence-corrected chi connectivity index (χ1v) is 14.3. The van der Waals surface area contributed by atoms with Gasteiger partial charge < -0.3 is 5.11 Å². The molecule has 0 radical (unpaired) electrons. The summed E-state index contributed by atoms with van der Waals surface area (Å²) in [5.41, 5.74) is 0.500. The van der Waals surface area contributed by atoms with E-state index in [1.165, 1.54) is 53.8 Å². The molecule has 6 fully saturated rings. The molecule has 0 aromatic carbocycles. The Morgan fingerprint density at radius 2 is 0.742 bits per heavy atom. The van der Waals surface area contributed by atoms with Crippen molar-refractivity contribution in [1.82, 2.24) is 0 Å². The van der Waals surface area contributed by atoms with E-state index >= 15 is 0 Å². The van der Waals surface area contributed by atoms with E-state index in [-0.39, 0.29) is 6.61 Å². The van der Waals surface area contributed by atoms with Crippen LogP contribution in [0.15, 0.2) is 0 Å². The summed E-state index contributed by atoms with van der Waals surface area (Å²) < 4.78 is 0. The van der Waals surface area contributed by atoms with Crippen molar-refractivity contribution in [2.24, 2.45) is 52.8 Å². The van der Waals surface area contributed by atoms with E-state index in [1.807, 2.05) is 0 Å². The number of aliphatic hydroxyl groups is 1. The van der Waals surface area contributed by atoms with E-state index in [2.05, 4.69) is 41.5 Å². The van der Waals surface area contributed by atoms with Crippen molar-refractivity contribution in [3.05, 3.63) is 0 Å². The first-order chi connectivity index (χ1) is 14.7. The maximum absolute atomic E-state index is 7.57. The highest BCUT2D eigenvalue weighted by Gasteiger charge is 2.49. The van der Waals surface area contributed by atoms with Crippen LogP contribution in [0, 0.1) is 52.8 Å². The van der Waals surface area contributed by atoms with E-state index < -0.39 is 0 Å². The molecule has 31 heavy (non-hydrogen) atoms. The van der Waals surface area contributed by atoms with Gasteiger partial charge in [0.1, 0.15) is 0 Å². The minimum absolute atomic E-state index is 0.250. The summed E-state index contributed by atoms with van der Waals surface area (Å²) in [6.07, 6.45) is 20.3. The fraction of sp³-hybridized carbons (Fsp3) is 1.00. The Morgan fingerprint density at radius 3 is 0.935 bits per heavy atom. The first-order valence-electron chi connectivity index (χ1n) is 14.3. The monoisotopic (exact) mass is 434 g/mol. The van der Waals surface area contributed by atoms with Crippen LogP contribution in [0.25, 0.3) is 0 Å². The highest BCUT2D eigenvalue weighted by Crippen LogP contribution is 2.59. The summed E-state index contributed by atoms with van der Waals surface area (Å²) in [7, 11) is 0. The van der Waals surface area contributed by atoms with Crippen LogP contribution in [0.3, 0.4) is 0 Å². The summed E-state index contributed by atoms with van der Waals surface area (Å²) in [6, 6.07) is 0. The zero-order valence-electron chi connectivity index (χ0n) is 22.5. The van der Waals surface area contributed by atoms with Crippen molar-refractivity contribution in [3.63, 3.8) is 0 Å². The van der Waals surface area contributed by atoms with Gasteiger partial charge in [-0.2, -0.15) is 0 Å². The molecule has 4 bridgehead atoms. The molecule has 8 atom stereocenters. The van der Waals surface area contributed by atoms with Gasteiger partial charge in [-0.25, -0.2) is 0 Å². The number of aliphatic hydroxyl groups excluding tert-OH is 1. The second-order valence-corrected chi connectivity index (χ2v) is 13.2. The average Bonchev–Trinajstić information content (AvgIpc) is 3.53. The largest absolute Gasteiger partial charge is 0.397 e. The van der Waals surface area contributed by atoms with Gasteiger partial charge in [-0.1, -0.05) is 60.8 Å². The van der Waals surface area contributed by atoms with E-state index in [0.717, 1.165) is 0 Å². The summed E-state index contributed by atoms with van der Waals surface area (Å²) in [5, 5.41) is 7.57. The topological polar surface area (TPSA) is 20.2 Å². The van der Waals surface area contributed by atoms with E-state index in [4.69, 9.17) is 5.11 Å². The van der Waals surface area contributed by atoms with E-state index in [9.17, 15) is 0 Å². The molecule has 0 saturated heterocycles. The first kappa shape index (κ1) is 27.2. The van der Waals surface area contributed by atoms with Crippen molar-refractivity contribution in [1.29, 1.82) is 0 Å². The van der Waals surface area contributed by atoms with Gasteiger partial charge >= 0.3 is 0 Å². The molecule has 1 nitrogen and oxygen atoms in total. The molecule has 8 unspecified atom stereocenters. The van der Waals surface area contributed by atoms with Crippen LogP contribution in [-0.2, 0) is 0 Å². The number of hydrogen-bond donors (Lipinski definition) is 1. The predicted molar refractivity (Wildman–Crippen MR) is 137 cm³/mol. The van der Waals surface area contributed by atoms with Gasteiger partial charge in [0.2, 0.25) is 0 Å². The molecular weight excluding hydrogens is 376 g/mol. The third-order valence-corrected chi connectivity index (χ3v) is 8.70. The Morgan fingerprint density at radius 1 is 0.548 bits per heavy atom. The van der Waals surface area contributed by atoms with Crippen molar-refractivity contribution in [3.8, 4) is 0 Å². The fourth-order valence-electron chi connectivity index (χ4n) is 8.04. The van der Waals surface area contributed by atoms with E-state index in [1.54, 1.807) is 84.0 Å². The second-order valence-electron chi connectivity index (χ2n) is 13.2. The van der Waals surface area contributed by atoms with Crippen molar-refractivity contribution in [2.45, 2.75) is 132 Å². The normalized spacial score (nSPS) is 40.3. The Kier molecular flexibility index (Phi) is 11.4. The molecule has 0 aliphatic heterocycles. The summed E-state index contributed by atoms with van der Waals surface area (Å²) in [5.74, 6) is 9.60. The van der Waals surface area contributed by atoms with Gasteiger partial charge in [0, 0.05) is 6.61 Å². The molecule has 184 valence electrons. The third kappa shape index (κ3) is 8.04. The predicted octanol–water partition coefficient (Wildman–Crippen LogP) is 9.13. The highest BCUT2D eigenvalue weighted by molar-refractivity contribution is 4.99. The van der Waals surface area contributed by atoms with Crippen LogP contribution in [0.4, 0.5) is 0 Å². The molecule has 1 N–H and O–H groups in total. The van der Waals surface area contributed by atoms with Gasteiger partial charge in [-0.15, -0.1) is 0 Å². The zero-order chi connectivity index (χ0) is 23.0. The lowest BCUT2D eigenvalue weighted by atomic mass is 9.82. The van der Waals surface area contributed by atoms with Crippen LogP contribution in [0.2, 0.25) is 0 Å². The molecule has 6 rings (SSSR count). The molecule has 6 saturated carbocycles. The summed E-state index contributed by atoms with van der Waals surface area (Å²) in [6.45, 7) is 14.9. The Labute approximate surface area is 196 Å². The van der Waals surface area contributed by atoms with Crippen molar-refractivity contribution in [2.75, 3.05) is 6.61 Å². The van der Waals surface area contributed by atoms with Gasteiger partial charge in [-0.3, -0.25) is 0 Å². The van der Waals surface area contributed by atoms with Crippen molar-refractivity contribution >= 4 is 0 Å². The molecule has 0 heterocycles. The maximum Gasteiger partial charge on any atom is 0.0402 e. The van der Waals surface area contributed by atoms with Crippen LogP contribution in [-0.4, -0.2) is 11.7 Å². The lowest BCUT2D eigenvalue weighted by Crippen LogP contribution is -2.15. The molecule has 1 heteroatoms. The minimum Gasteiger partial charge on any atom is -0.397 e. The van der Waals surface area contributed by atoms with Gasteiger partial charge in [0.15, 0.2) is 0 Å². The standard InChI is InChI=1S/2C10H16.C5H12.C3H8.C2H6O/c2*1-2-9-7-4-5-8(6-7)10(9)3-1;1-5(2,3)4;1-3-2;1-2-3/h2*7-10H,1-6H2;1-4H3;3H2,1-2H3;3H,2H2,1H3. The molecule has 0 amide bonds. The van der Waals surface area contributed by atoms with E-state index in [0.29, 0.717) is 5.41 Å². The molecular formula is C30H58O. The Balaban J connectivity index is 0.000000154. The molecule has 0 aromatic rings. The van der Waals surface area contributed by atoms with Gasteiger partial charge in [0.25, 0.3) is 0 Å². The van der Waals surface area contributed by atoms with Crippen molar-refractivity contribution < 1.29 is 5.11 Å². The molecule has 6 aliphatic rings. The fourth-order valence-corrected chi connectivity index (χ4v) is 8.04. The van der Waals surface area contributed by atoms with Gasteiger partial charge in [0.05, 0.1) is 0 Å². The summed E-state index contributed by atoms with van der Waals surface area (Å²) in [4.78, 5) is 0. The molecule has 0 spiro atoms. The molecule has 0 aromatic heterocycles. The second kappa shape index (κ2) is 13.0. The Bertz CT molecular complexity index is 401. The Hall–Kier alpha value is -0.0400. The quantitative estimate of drug-likeness (QED) is 0.403. The maximum atomic E-state index is 7.57. The molecule has 6 aliphatic carbocycles. The SMILES string of the molecule is C1CC2C3CCC(C3)C2C1.C1CC2C3CCC(C3)C2C1.CC(C)(C)C.CCC.CCO.